The van der Waals surface area contributed by atoms with E-state index in [2.05, 4.69) is 27.0 Å². The van der Waals surface area contributed by atoms with Gasteiger partial charge in [0.1, 0.15) is 6.04 Å². The number of aliphatic hydroxyl groups is 1. The van der Waals surface area contributed by atoms with Crippen molar-refractivity contribution < 1.29 is 24.2 Å². The fraction of sp³-hybridized carbons (Fsp3) is 0.720. The summed E-state index contributed by atoms with van der Waals surface area (Å²) in [6.07, 6.45) is 6.52. The summed E-state index contributed by atoms with van der Waals surface area (Å²) in [6.45, 7) is 14.4. The van der Waals surface area contributed by atoms with Crippen molar-refractivity contribution in [2.75, 3.05) is 26.3 Å². The third kappa shape index (κ3) is 4.25. The lowest BCUT2D eigenvalue weighted by Crippen LogP contribution is -2.59. The Morgan fingerprint density at radius 3 is 2.73 bits per heavy atom. The molecule has 7 nitrogen and oxygen atoms in total. The van der Waals surface area contributed by atoms with Crippen molar-refractivity contribution in [1.82, 2.24) is 9.80 Å². The number of fused-ring (bicyclic) bond motifs is 1. The van der Waals surface area contributed by atoms with Crippen LogP contribution in [0, 0.1) is 17.8 Å². The fourth-order valence-corrected chi connectivity index (χ4v) is 8.27. The number of esters is 1. The number of carbonyl (C=O) groups excluding carboxylic acids is 3. The van der Waals surface area contributed by atoms with Gasteiger partial charge in [-0.25, -0.2) is 0 Å². The lowest BCUT2D eigenvalue weighted by molar-refractivity contribution is -0.154. The van der Waals surface area contributed by atoms with Gasteiger partial charge in [0.05, 0.1) is 35.8 Å². The number of hydrogen-bond acceptors (Lipinski definition) is 6. The van der Waals surface area contributed by atoms with Gasteiger partial charge in [-0.1, -0.05) is 32.4 Å². The van der Waals surface area contributed by atoms with Crippen LogP contribution in [0.25, 0.3) is 0 Å². The highest BCUT2D eigenvalue weighted by Gasteiger charge is 2.76. The summed E-state index contributed by atoms with van der Waals surface area (Å²) in [5.41, 5.74) is 0. The van der Waals surface area contributed by atoms with Gasteiger partial charge in [0.25, 0.3) is 0 Å². The lowest BCUT2D eigenvalue weighted by atomic mass is 9.66. The van der Waals surface area contributed by atoms with E-state index in [9.17, 15) is 19.5 Å². The molecule has 0 aromatic rings. The summed E-state index contributed by atoms with van der Waals surface area (Å²) in [7, 11) is 0. The minimum absolute atomic E-state index is 0.0458. The van der Waals surface area contributed by atoms with Crippen LogP contribution in [-0.2, 0) is 19.1 Å². The maximum atomic E-state index is 14.0. The normalized spacial score (nSPS) is 33.0. The number of rotatable bonds is 12. The smallest absolute Gasteiger partial charge is 0.310 e. The first-order valence-corrected chi connectivity index (χ1v) is 13.0. The van der Waals surface area contributed by atoms with Gasteiger partial charge < -0.3 is 19.6 Å². The van der Waals surface area contributed by atoms with Crippen molar-refractivity contribution in [3.8, 4) is 0 Å². The maximum Gasteiger partial charge on any atom is 0.310 e. The first-order valence-electron chi connectivity index (χ1n) is 12.1. The van der Waals surface area contributed by atoms with E-state index in [-0.39, 0.29) is 42.2 Å². The fourth-order valence-electron chi connectivity index (χ4n) is 5.88. The van der Waals surface area contributed by atoms with E-state index in [0.29, 0.717) is 19.5 Å². The largest absolute Gasteiger partial charge is 0.465 e. The molecule has 8 heteroatoms. The van der Waals surface area contributed by atoms with E-state index in [1.807, 2.05) is 0 Å². The van der Waals surface area contributed by atoms with Crippen molar-refractivity contribution >= 4 is 29.5 Å². The number of nitrogens with zero attached hydrogens (tertiary/aromatic N) is 2. The molecule has 33 heavy (non-hydrogen) atoms. The number of unbranched alkanes of at least 4 members (excludes halogenated alkanes) is 1. The summed E-state index contributed by atoms with van der Waals surface area (Å²) in [5, 5.41) is 9.92. The van der Waals surface area contributed by atoms with Crippen molar-refractivity contribution in [2.24, 2.45) is 17.8 Å². The number of amides is 2. The molecule has 3 aliphatic rings. The Bertz CT molecular complexity index is 789. The molecular weight excluding hydrogens is 440 g/mol. The van der Waals surface area contributed by atoms with Gasteiger partial charge in [-0.2, -0.15) is 0 Å². The predicted molar refractivity (Wildman–Crippen MR) is 130 cm³/mol. The van der Waals surface area contributed by atoms with Crippen LogP contribution < -0.4 is 0 Å². The minimum Gasteiger partial charge on any atom is -0.465 e. The molecule has 3 saturated heterocycles. The Balaban J connectivity index is 2.02. The lowest BCUT2D eigenvalue weighted by Gasteiger charge is -2.41. The number of ether oxygens (including phenoxy) is 1. The molecule has 0 aliphatic carbocycles. The molecule has 3 rings (SSSR count). The maximum absolute atomic E-state index is 14.0. The summed E-state index contributed by atoms with van der Waals surface area (Å²) >= 11 is 1.63. The van der Waals surface area contributed by atoms with Gasteiger partial charge in [-0.15, -0.1) is 24.9 Å². The molecule has 2 amide bonds. The minimum atomic E-state index is -0.718. The SMILES string of the molecule is C=CCCOC(=O)[C@@H]1[C@H]2C(=O)N([C@H](C)CO)C(C(=O)N(CC=C)CCCC)C23S[C@@H]1CC3C. The van der Waals surface area contributed by atoms with Crippen LogP contribution in [0.3, 0.4) is 0 Å². The topological polar surface area (TPSA) is 87.1 Å². The van der Waals surface area contributed by atoms with Crippen LogP contribution in [0.2, 0.25) is 0 Å². The Kier molecular flexibility index (Phi) is 8.32. The molecule has 0 aromatic heterocycles. The monoisotopic (exact) mass is 478 g/mol. The van der Waals surface area contributed by atoms with Gasteiger partial charge in [0.2, 0.25) is 11.8 Å². The predicted octanol–water partition coefficient (Wildman–Crippen LogP) is 2.64. The zero-order valence-electron chi connectivity index (χ0n) is 20.1. The van der Waals surface area contributed by atoms with Crippen molar-refractivity contribution in [2.45, 2.75) is 68.5 Å². The average molecular weight is 479 g/mol. The number of carbonyl (C=O) groups is 3. The standard InChI is InChI=1S/C25H38N2O5S/c1-6-9-12-26(11-8-3)23(30)21-25-16(4)14-18(33-25)19(24(31)32-13-10-7-2)20(25)22(29)27(21)17(5)15-28/h7-8,16-21,28H,2-3,6,9-15H2,1,4-5H3/t16?,17-,18-,19+,20+,21?,25?/m1/s1. The first-order chi connectivity index (χ1) is 15.8. The van der Waals surface area contributed by atoms with Gasteiger partial charge >= 0.3 is 5.97 Å². The van der Waals surface area contributed by atoms with Gasteiger partial charge in [0, 0.05) is 18.3 Å². The van der Waals surface area contributed by atoms with E-state index in [1.54, 1.807) is 40.6 Å². The van der Waals surface area contributed by atoms with E-state index in [4.69, 9.17) is 4.74 Å². The molecule has 0 radical (unpaired) electrons. The van der Waals surface area contributed by atoms with Crippen LogP contribution in [0.4, 0.5) is 0 Å². The van der Waals surface area contributed by atoms with Gasteiger partial charge in [-0.05, 0) is 32.1 Å². The van der Waals surface area contributed by atoms with E-state index in [1.165, 1.54) is 0 Å². The van der Waals surface area contributed by atoms with E-state index < -0.39 is 28.7 Å². The molecular formula is C25H38N2O5S. The highest BCUT2D eigenvalue weighted by molar-refractivity contribution is 8.02. The number of hydrogen-bond donors (Lipinski definition) is 1. The number of likely N-dealkylation sites (tertiary alicyclic amines) is 1. The summed E-state index contributed by atoms with van der Waals surface area (Å²) in [5.74, 6) is -1.79. The van der Waals surface area contributed by atoms with Crippen LogP contribution in [0.5, 0.6) is 0 Å². The molecule has 184 valence electrons. The first kappa shape index (κ1) is 25.8. The Labute approximate surface area is 201 Å². The van der Waals surface area contributed by atoms with Crippen molar-refractivity contribution in [3.05, 3.63) is 25.3 Å². The second kappa shape index (κ2) is 10.6. The highest BCUT2D eigenvalue weighted by Crippen LogP contribution is 2.69. The third-order valence-electron chi connectivity index (χ3n) is 7.44. The van der Waals surface area contributed by atoms with E-state index >= 15 is 0 Å². The molecule has 1 spiro atoms. The summed E-state index contributed by atoms with van der Waals surface area (Å²) in [6, 6.07) is -1.24. The molecule has 2 bridgehead atoms. The summed E-state index contributed by atoms with van der Waals surface area (Å²) in [4.78, 5) is 44.3. The van der Waals surface area contributed by atoms with Crippen molar-refractivity contribution in [1.29, 1.82) is 0 Å². The van der Waals surface area contributed by atoms with Crippen molar-refractivity contribution in [3.63, 3.8) is 0 Å². The number of thioether (sulfide) groups is 1. The van der Waals surface area contributed by atoms with Crippen LogP contribution in [0.15, 0.2) is 25.3 Å². The van der Waals surface area contributed by atoms with E-state index in [0.717, 1.165) is 19.3 Å². The highest BCUT2D eigenvalue weighted by atomic mass is 32.2. The molecule has 0 saturated carbocycles. The molecule has 3 fully saturated rings. The molecule has 3 unspecified atom stereocenters. The van der Waals surface area contributed by atoms with Gasteiger partial charge in [-0.3, -0.25) is 14.4 Å². The molecule has 3 aliphatic heterocycles. The Morgan fingerprint density at radius 2 is 2.12 bits per heavy atom. The van der Waals surface area contributed by atoms with Crippen LogP contribution in [0.1, 0.15) is 46.5 Å². The quantitative estimate of drug-likeness (QED) is 0.264. The Hall–Kier alpha value is -1.80. The molecule has 1 N–H and O–H groups in total. The molecule has 7 atom stereocenters. The second-order valence-corrected chi connectivity index (χ2v) is 11.0. The average Bonchev–Trinajstić information content (AvgIpc) is 3.39. The molecule has 3 heterocycles. The number of aliphatic hydroxyl groups excluding tert-OH is 1. The van der Waals surface area contributed by atoms with Crippen LogP contribution in [-0.4, -0.2) is 81.1 Å². The zero-order chi connectivity index (χ0) is 24.3. The van der Waals surface area contributed by atoms with Gasteiger partial charge in [0.15, 0.2) is 0 Å². The zero-order valence-corrected chi connectivity index (χ0v) is 20.9. The van der Waals surface area contributed by atoms with Crippen LogP contribution >= 0.6 is 11.8 Å². The second-order valence-electron chi connectivity index (χ2n) is 9.50. The Morgan fingerprint density at radius 1 is 1.39 bits per heavy atom. The molecule has 0 aromatic carbocycles. The third-order valence-corrected chi connectivity index (χ3v) is 9.51. The summed E-state index contributed by atoms with van der Waals surface area (Å²) < 4.78 is 4.81.